The van der Waals surface area contributed by atoms with E-state index < -0.39 is 0 Å². The molecule has 0 aliphatic heterocycles. The second-order valence-corrected chi connectivity index (χ2v) is 5.65. The van der Waals surface area contributed by atoms with Crippen LogP contribution in [0.2, 0.25) is 0 Å². The topological polar surface area (TPSA) is 38.1 Å². The molecule has 0 fully saturated rings. The summed E-state index contributed by atoms with van der Waals surface area (Å²) in [6.45, 7) is 9.19. The van der Waals surface area contributed by atoms with Crippen molar-refractivity contribution in [3.63, 3.8) is 0 Å². The summed E-state index contributed by atoms with van der Waals surface area (Å²) >= 11 is 0. The summed E-state index contributed by atoms with van der Waals surface area (Å²) in [5.74, 6) is 0.820. The van der Waals surface area contributed by atoms with Gasteiger partial charge in [-0.25, -0.2) is 0 Å². The molecule has 1 N–H and O–H groups in total. The van der Waals surface area contributed by atoms with Crippen molar-refractivity contribution in [1.82, 2.24) is 10.5 Å². The Morgan fingerprint density at radius 2 is 1.83 bits per heavy atom. The summed E-state index contributed by atoms with van der Waals surface area (Å²) in [6, 6.07) is 10.2. The fourth-order valence-corrected chi connectivity index (χ4v) is 1.60. The molecular weight excluding hydrogens is 224 g/mol. The van der Waals surface area contributed by atoms with E-state index in [0.29, 0.717) is 0 Å². The molecule has 0 saturated heterocycles. The highest BCUT2D eigenvalue weighted by molar-refractivity contribution is 5.57. The molecule has 0 atom stereocenters. The molecule has 18 heavy (non-hydrogen) atoms. The minimum atomic E-state index is 0.0863. The van der Waals surface area contributed by atoms with Crippen molar-refractivity contribution in [1.29, 1.82) is 0 Å². The van der Waals surface area contributed by atoms with E-state index in [4.69, 9.17) is 4.52 Å². The van der Waals surface area contributed by atoms with Crippen LogP contribution < -0.4 is 5.32 Å². The Labute approximate surface area is 108 Å². The molecular formula is C15H20N2O. The second-order valence-electron chi connectivity index (χ2n) is 5.65. The normalized spacial score (nSPS) is 11.8. The van der Waals surface area contributed by atoms with Crippen LogP contribution in [-0.4, -0.2) is 10.7 Å². The monoisotopic (exact) mass is 244 g/mol. The zero-order valence-electron chi connectivity index (χ0n) is 11.4. The number of aryl methyl sites for hydroxylation is 1. The molecule has 1 aromatic carbocycles. The van der Waals surface area contributed by atoms with Crippen LogP contribution in [0.1, 0.15) is 32.0 Å². The first-order valence-electron chi connectivity index (χ1n) is 6.22. The lowest BCUT2D eigenvalue weighted by Crippen LogP contribution is -2.35. The van der Waals surface area contributed by atoms with E-state index >= 15 is 0 Å². The van der Waals surface area contributed by atoms with Gasteiger partial charge < -0.3 is 9.84 Å². The molecule has 0 aliphatic rings. The molecule has 96 valence electrons. The molecule has 1 aromatic heterocycles. The summed E-state index contributed by atoms with van der Waals surface area (Å²) in [4.78, 5) is 0. The van der Waals surface area contributed by atoms with Gasteiger partial charge in [-0.2, -0.15) is 0 Å². The van der Waals surface area contributed by atoms with Gasteiger partial charge in [-0.15, -0.1) is 0 Å². The van der Waals surface area contributed by atoms with Gasteiger partial charge in [0.2, 0.25) is 0 Å². The van der Waals surface area contributed by atoms with Crippen molar-refractivity contribution in [2.24, 2.45) is 0 Å². The van der Waals surface area contributed by atoms with Crippen LogP contribution in [0.5, 0.6) is 0 Å². The Hall–Kier alpha value is -1.61. The Morgan fingerprint density at radius 1 is 1.17 bits per heavy atom. The Bertz CT molecular complexity index is 506. The van der Waals surface area contributed by atoms with Crippen LogP contribution in [0.4, 0.5) is 0 Å². The first-order chi connectivity index (χ1) is 8.44. The standard InChI is InChI=1S/C15H20N2O/c1-11-5-7-12(8-6-11)14-9-13(17-18-14)10-16-15(2,3)4/h5-9,16H,10H2,1-4H3. The van der Waals surface area contributed by atoms with Crippen LogP contribution in [0.25, 0.3) is 11.3 Å². The molecule has 0 radical (unpaired) electrons. The van der Waals surface area contributed by atoms with E-state index in [1.807, 2.05) is 6.07 Å². The predicted molar refractivity (Wildman–Crippen MR) is 73.3 cm³/mol. The van der Waals surface area contributed by atoms with Gasteiger partial charge in [0.15, 0.2) is 5.76 Å². The van der Waals surface area contributed by atoms with Crippen molar-refractivity contribution < 1.29 is 4.52 Å². The lowest BCUT2D eigenvalue weighted by Gasteiger charge is -2.19. The van der Waals surface area contributed by atoms with Gasteiger partial charge in [0.1, 0.15) is 0 Å². The van der Waals surface area contributed by atoms with E-state index in [1.165, 1.54) is 5.56 Å². The summed E-state index contributed by atoms with van der Waals surface area (Å²) in [7, 11) is 0. The Kier molecular flexibility index (Phi) is 3.53. The molecule has 0 amide bonds. The van der Waals surface area contributed by atoms with Crippen molar-refractivity contribution in [2.45, 2.75) is 39.8 Å². The number of nitrogens with zero attached hydrogens (tertiary/aromatic N) is 1. The number of hydrogen-bond donors (Lipinski definition) is 1. The minimum Gasteiger partial charge on any atom is -0.356 e. The van der Waals surface area contributed by atoms with E-state index in [-0.39, 0.29) is 5.54 Å². The van der Waals surface area contributed by atoms with E-state index in [1.54, 1.807) is 0 Å². The fraction of sp³-hybridized carbons (Fsp3) is 0.400. The molecule has 0 bridgehead atoms. The van der Waals surface area contributed by atoms with Crippen molar-refractivity contribution in [3.05, 3.63) is 41.6 Å². The van der Waals surface area contributed by atoms with Crippen LogP contribution >= 0.6 is 0 Å². The molecule has 0 aliphatic carbocycles. The van der Waals surface area contributed by atoms with Crippen LogP contribution in [0.3, 0.4) is 0 Å². The number of rotatable bonds is 3. The van der Waals surface area contributed by atoms with Gasteiger partial charge in [-0.1, -0.05) is 35.0 Å². The fourth-order valence-electron chi connectivity index (χ4n) is 1.60. The largest absolute Gasteiger partial charge is 0.356 e. The maximum absolute atomic E-state index is 5.37. The molecule has 2 rings (SSSR count). The number of hydrogen-bond acceptors (Lipinski definition) is 3. The molecule has 3 nitrogen and oxygen atoms in total. The van der Waals surface area contributed by atoms with Gasteiger partial charge in [0.25, 0.3) is 0 Å². The summed E-state index contributed by atoms with van der Waals surface area (Å²) in [5, 5.41) is 7.47. The summed E-state index contributed by atoms with van der Waals surface area (Å²) in [5.41, 5.74) is 3.33. The van der Waals surface area contributed by atoms with Crippen LogP contribution in [0.15, 0.2) is 34.9 Å². The van der Waals surface area contributed by atoms with Gasteiger partial charge in [0, 0.05) is 23.7 Å². The summed E-state index contributed by atoms with van der Waals surface area (Å²) in [6.07, 6.45) is 0. The first-order valence-corrected chi connectivity index (χ1v) is 6.22. The minimum absolute atomic E-state index is 0.0863. The molecule has 2 aromatic rings. The van der Waals surface area contributed by atoms with Crippen molar-refractivity contribution in [2.75, 3.05) is 0 Å². The number of benzene rings is 1. The van der Waals surface area contributed by atoms with Crippen LogP contribution in [-0.2, 0) is 6.54 Å². The third-order valence-electron chi connectivity index (χ3n) is 2.69. The zero-order valence-corrected chi connectivity index (χ0v) is 11.4. The predicted octanol–water partition coefficient (Wildman–Crippen LogP) is 3.54. The smallest absolute Gasteiger partial charge is 0.167 e. The molecule has 1 heterocycles. The highest BCUT2D eigenvalue weighted by atomic mass is 16.5. The lowest BCUT2D eigenvalue weighted by atomic mass is 10.1. The van der Waals surface area contributed by atoms with E-state index in [0.717, 1.165) is 23.6 Å². The van der Waals surface area contributed by atoms with E-state index in [9.17, 15) is 0 Å². The maximum Gasteiger partial charge on any atom is 0.167 e. The van der Waals surface area contributed by atoms with E-state index in [2.05, 4.69) is 62.4 Å². The van der Waals surface area contributed by atoms with Crippen molar-refractivity contribution in [3.8, 4) is 11.3 Å². The quantitative estimate of drug-likeness (QED) is 0.897. The van der Waals surface area contributed by atoms with Crippen molar-refractivity contribution >= 4 is 0 Å². The summed E-state index contributed by atoms with van der Waals surface area (Å²) < 4.78 is 5.37. The highest BCUT2D eigenvalue weighted by Crippen LogP contribution is 2.20. The third-order valence-corrected chi connectivity index (χ3v) is 2.69. The molecule has 0 spiro atoms. The van der Waals surface area contributed by atoms with Gasteiger partial charge in [0.05, 0.1) is 5.69 Å². The average Bonchev–Trinajstić information content (AvgIpc) is 2.75. The third kappa shape index (κ3) is 3.44. The zero-order chi connectivity index (χ0) is 13.2. The van der Waals surface area contributed by atoms with Gasteiger partial charge in [-0.3, -0.25) is 0 Å². The molecule has 3 heteroatoms. The highest BCUT2D eigenvalue weighted by Gasteiger charge is 2.11. The Balaban J connectivity index is 2.08. The number of aromatic nitrogens is 1. The maximum atomic E-state index is 5.37. The second kappa shape index (κ2) is 4.94. The molecule has 0 saturated carbocycles. The average molecular weight is 244 g/mol. The van der Waals surface area contributed by atoms with Gasteiger partial charge in [-0.05, 0) is 27.7 Å². The first kappa shape index (κ1) is 12.8. The number of nitrogens with one attached hydrogen (secondary N) is 1. The lowest BCUT2D eigenvalue weighted by molar-refractivity contribution is 0.392. The Morgan fingerprint density at radius 3 is 2.44 bits per heavy atom. The SMILES string of the molecule is Cc1ccc(-c2cc(CNC(C)(C)C)no2)cc1. The van der Waals surface area contributed by atoms with Gasteiger partial charge >= 0.3 is 0 Å². The van der Waals surface area contributed by atoms with Crippen LogP contribution in [0, 0.1) is 6.92 Å². The molecule has 0 unspecified atom stereocenters.